The zero-order chi connectivity index (χ0) is 14.3. The van der Waals surface area contributed by atoms with Gasteiger partial charge in [0.25, 0.3) is 0 Å². The van der Waals surface area contributed by atoms with Crippen molar-refractivity contribution in [3.63, 3.8) is 0 Å². The predicted octanol–water partition coefficient (Wildman–Crippen LogP) is 1.70. The Labute approximate surface area is 112 Å². The molecule has 1 amide bonds. The number of carbonyl (C=O) groups is 1. The first-order valence-corrected chi connectivity index (χ1v) is 6.29. The molecule has 5 heteroatoms. The molecule has 0 fully saturated rings. The van der Waals surface area contributed by atoms with E-state index in [-0.39, 0.29) is 11.3 Å². The van der Waals surface area contributed by atoms with E-state index in [2.05, 4.69) is 11.6 Å². The maximum absolute atomic E-state index is 11.8. The van der Waals surface area contributed by atoms with Crippen LogP contribution in [0.4, 0.5) is 0 Å². The average molecular weight is 264 g/mol. The number of H-pyrrole nitrogens is 1. The van der Waals surface area contributed by atoms with Crippen molar-refractivity contribution in [2.24, 2.45) is 0 Å². The summed E-state index contributed by atoms with van der Waals surface area (Å²) in [6.07, 6.45) is 4.04. The zero-order valence-electron chi connectivity index (χ0n) is 11.4. The molecule has 1 rings (SSSR count). The number of nitrogens with zero attached hydrogens (tertiary/aromatic N) is 1. The molecule has 1 N–H and O–H groups in total. The van der Waals surface area contributed by atoms with E-state index in [1.54, 1.807) is 17.2 Å². The largest absolute Gasteiger partial charge is 0.488 e. The zero-order valence-corrected chi connectivity index (χ0v) is 11.4. The first-order valence-electron chi connectivity index (χ1n) is 6.29. The van der Waals surface area contributed by atoms with Gasteiger partial charge in [0.2, 0.25) is 11.3 Å². The normalized spacial score (nSPS) is 10.0. The van der Waals surface area contributed by atoms with Gasteiger partial charge in [-0.3, -0.25) is 9.59 Å². The number of rotatable bonds is 7. The van der Waals surface area contributed by atoms with Gasteiger partial charge < -0.3 is 14.6 Å². The molecule has 1 aromatic heterocycles. The summed E-state index contributed by atoms with van der Waals surface area (Å²) < 4.78 is 5.30. The van der Waals surface area contributed by atoms with E-state index in [1.165, 1.54) is 13.0 Å². The monoisotopic (exact) mass is 264 g/mol. The molecule has 1 aromatic rings. The Bertz CT molecular complexity index is 494. The second kappa shape index (κ2) is 7.41. The molecule has 0 saturated heterocycles. The fraction of sp³-hybridized carbons (Fsp3) is 0.429. The Morgan fingerprint density at radius 1 is 1.58 bits per heavy atom. The number of carbonyl (C=O) groups excluding carboxylic acids is 1. The number of aromatic amines is 1. The van der Waals surface area contributed by atoms with Crippen molar-refractivity contribution >= 4 is 5.91 Å². The van der Waals surface area contributed by atoms with Gasteiger partial charge in [0.05, 0.1) is 13.2 Å². The third kappa shape index (κ3) is 4.62. The molecular weight excluding hydrogens is 244 g/mol. The minimum absolute atomic E-state index is 0.0629. The van der Waals surface area contributed by atoms with Crippen molar-refractivity contribution in [2.75, 3.05) is 13.2 Å². The van der Waals surface area contributed by atoms with Crippen LogP contribution in [0.1, 0.15) is 26.0 Å². The molecule has 5 nitrogen and oxygen atoms in total. The Balaban J connectivity index is 2.79. The summed E-state index contributed by atoms with van der Waals surface area (Å²) in [6, 6.07) is 1.46. The average Bonchev–Trinajstić information content (AvgIpc) is 2.37. The van der Waals surface area contributed by atoms with Crippen molar-refractivity contribution < 1.29 is 9.53 Å². The van der Waals surface area contributed by atoms with E-state index in [0.717, 1.165) is 6.42 Å². The number of nitrogens with one attached hydrogen (secondary N) is 1. The number of aromatic nitrogens is 1. The fourth-order valence-electron chi connectivity index (χ4n) is 1.58. The molecule has 0 atom stereocenters. The van der Waals surface area contributed by atoms with Gasteiger partial charge in [0.15, 0.2) is 5.75 Å². The smallest absolute Gasteiger partial charge is 0.223 e. The van der Waals surface area contributed by atoms with Crippen molar-refractivity contribution in [3.8, 4) is 5.75 Å². The van der Waals surface area contributed by atoms with E-state index in [0.29, 0.717) is 31.1 Å². The lowest BCUT2D eigenvalue weighted by molar-refractivity contribution is -0.128. The number of ether oxygens (including phenoxy) is 1. The molecule has 0 aliphatic heterocycles. The maximum atomic E-state index is 11.8. The second-order valence-electron chi connectivity index (χ2n) is 4.22. The molecule has 0 radical (unpaired) electrons. The lowest BCUT2D eigenvalue weighted by Crippen LogP contribution is -2.29. The fourth-order valence-corrected chi connectivity index (χ4v) is 1.58. The highest BCUT2D eigenvalue weighted by atomic mass is 16.5. The van der Waals surface area contributed by atoms with Gasteiger partial charge in [-0.25, -0.2) is 0 Å². The Kier molecular flexibility index (Phi) is 5.85. The predicted molar refractivity (Wildman–Crippen MR) is 74.1 cm³/mol. The first-order chi connectivity index (χ1) is 9.08. The standard InChI is InChI=1S/C14H20N2O3/c1-4-6-16(11(3)17)10-12-8-13(18)14(9-15-12)19-7-5-2/h4,8-9H,1,5-7,10H2,2-3H3,(H,15,18). The highest BCUT2D eigenvalue weighted by molar-refractivity contribution is 5.73. The summed E-state index contributed by atoms with van der Waals surface area (Å²) in [5, 5.41) is 0. The molecule has 0 unspecified atom stereocenters. The molecule has 0 bridgehead atoms. The second-order valence-corrected chi connectivity index (χ2v) is 4.22. The summed E-state index contributed by atoms with van der Waals surface area (Å²) in [5.41, 5.74) is 0.496. The van der Waals surface area contributed by atoms with Crippen LogP contribution in [-0.4, -0.2) is 28.9 Å². The van der Waals surface area contributed by atoms with Crippen LogP contribution < -0.4 is 10.2 Å². The summed E-state index contributed by atoms with van der Waals surface area (Å²) in [5.74, 6) is 0.246. The summed E-state index contributed by atoms with van der Waals surface area (Å²) in [7, 11) is 0. The van der Waals surface area contributed by atoms with Gasteiger partial charge in [-0.05, 0) is 6.42 Å². The van der Waals surface area contributed by atoms with Gasteiger partial charge in [0.1, 0.15) is 0 Å². The molecule has 0 aliphatic carbocycles. The third-order valence-corrected chi connectivity index (χ3v) is 2.55. The number of hydrogen-bond acceptors (Lipinski definition) is 3. The molecule has 0 aromatic carbocycles. The van der Waals surface area contributed by atoms with Gasteiger partial charge in [-0.2, -0.15) is 0 Å². The van der Waals surface area contributed by atoms with E-state index in [1.807, 2.05) is 6.92 Å². The Hall–Kier alpha value is -2.04. The summed E-state index contributed by atoms with van der Waals surface area (Å²) >= 11 is 0. The van der Waals surface area contributed by atoms with Crippen molar-refractivity contribution in [3.05, 3.63) is 40.8 Å². The molecule has 0 aliphatic rings. The van der Waals surface area contributed by atoms with E-state index in [4.69, 9.17) is 4.74 Å². The van der Waals surface area contributed by atoms with E-state index < -0.39 is 0 Å². The minimum Gasteiger partial charge on any atom is -0.488 e. The molecule has 0 spiro atoms. The number of hydrogen-bond donors (Lipinski definition) is 1. The van der Waals surface area contributed by atoms with Crippen LogP contribution in [-0.2, 0) is 11.3 Å². The summed E-state index contributed by atoms with van der Waals surface area (Å²) in [6.45, 7) is 8.38. The van der Waals surface area contributed by atoms with Gasteiger partial charge >= 0.3 is 0 Å². The molecule has 0 saturated carbocycles. The van der Waals surface area contributed by atoms with Crippen molar-refractivity contribution in [2.45, 2.75) is 26.8 Å². The van der Waals surface area contributed by atoms with E-state index in [9.17, 15) is 9.59 Å². The quantitative estimate of drug-likeness (QED) is 0.762. The molecule has 104 valence electrons. The SMILES string of the molecule is C=CCN(Cc1cc(=O)c(OCCC)c[nH]1)C(C)=O. The maximum Gasteiger partial charge on any atom is 0.223 e. The highest BCUT2D eigenvalue weighted by Gasteiger charge is 2.09. The van der Waals surface area contributed by atoms with Gasteiger partial charge in [-0.15, -0.1) is 6.58 Å². The number of pyridine rings is 1. The molecule has 19 heavy (non-hydrogen) atoms. The first kappa shape index (κ1) is 15.0. The van der Waals surface area contributed by atoms with Crippen molar-refractivity contribution in [1.82, 2.24) is 9.88 Å². The minimum atomic E-state index is -0.177. The van der Waals surface area contributed by atoms with Crippen LogP contribution in [0.25, 0.3) is 0 Å². The van der Waals surface area contributed by atoms with Crippen LogP contribution >= 0.6 is 0 Å². The third-order valence-electron chi connectivity index (χ3n) is 2.55. The van der Waals surface area contributed by atoms with Gasteiger partial charge in [-0.1, -0.05) is 13.0 Å². The van der Waals surface area contributed by atoms with Crippen LogP contribution in [0.5, 0.6) is 5.75 Å². The molecular formula is C14H20N2O3. The summed E-state index contributed by atoms with van der Waals surface area (Å²) in [4.78, 5) is 27.7. The van der Waals surface area contributed by atoms with Crippen LogP contribution in [0.15, 0.2) is 29.7 Å². The lowest BCUT2D eigenvalue weighted by Gasteiger charge is -2.19. The van der Waals surface area contributed by atoms with Gasteiger partial charge in [0, 0.05) is 31.4 Å². The number of amides is 1. The van der Waals surface area contributed by atoms with Crippen molar-refractivity contribution in [1.29, 1.82) is 0 Å². The topological polar surface area (TPSA) is 62.4 Å². The Morgan fingerprint density at radius 2 is 2.32 bits per heavy atom. The Morgan fingerprint density at radius 3 is 2.84 bits per heavy atom. The lowest BCUT2D eigenvalue weighted by atomic mass is 10.3. The molecule has 1 heterocycles. The van der Waals surface area contributed by atoms with Crippen LogP contribution in [0.3, 0.4) is 0 Å². The van der Waals surface area contributed by atoms with Crippen LogP contribution in [0.2, 0.25) is 0 Å². The van der Waals surface area contributed by atoms with Crippen LogP contribution in [0, 0.1) is 0 Å². The highest BCUT2D eigenvalue weighted by Crippen LogP contribution is 2.05. The van der Waals surface area contributed by atoms with E-state index >= 15 is 0 Å².